The number of aromatic nitrogens is 1. The van der Waals surface area contributed by atoms with Crippen molar-refractivity contribution in [2.75, 3.05) is 25.0 Å². The molecule has 2 N–H and O–H groups in total. The number of carbonyl (C=O) groups is 3. The summed E-state index contributed by atoms with van der Waals surface area (Å²) in [5, 5.41) is 6.37. The molecule has 2 heterocycles. The first-order valence-corrected chi connectivity index (χ1v) is 7.38. The first-order valence-electron chi connectivity index (χ1n) is 6.62. The highest BCUT2D eigenvalue weighted by atomic mass is 35.5. The second-order valence-electron chi connectivity index (χ2n) is 4.63. The van der Waals surface area contributed by atoms with Gasteiger partial charge in [-0.1, -0.05) is 23.2 Å². The van der Waals surface area contributed by atoms with Gasteiger partial charge in [-0.3, -0.25) is 19.3 Å². The molecule has 1 fully saturated rings. The van der Waals surface area contributed by atoms with Crippen LogP contribution in [0.15, 0.2) is 12.3 Å². The van der Waals surface area contributed by atoms with Crippen molar-refractivity contribution in [3.8, 4) is 0 Å². The van der Waals surface area contributed by atoms with Crippen LogP contribution in [0.2, 0.25) is 10.0 Å². The van der Waals surface area contributed by atoms with E-state index in [4.69, 9.17) is 23.2 Å². The summed E-state index contributed by atoms with van der Waals surface area (Å²) in [5.74, 6) is -0.545. The molecule has 0 unspecified atom stereocenters. The van der Waals surface area contributed by atoms with Gasteiger partial charge in [0.15, 0.2) is 0 Å². The topological polar surface area (TPSA) is 91.4 Å². The van der Waals surface area contributed by atoms with Gasteiger partial charge < -0.3 is 10.6 Å². The maximum absolute atomic E-state index is 11.7. The van der Waals surface area contributed by atoms with E-state index in [9.17, 15) is 14.4 Å². The Morgan fingerprint density at radius 3 is 2.55 bits per heavy atom. The van der Waals surface area contributed by atoms with E-state index in [0.29, 0.717) is 29.0 Å². The Hall–Kier alpha value is -1.86. The van der Waals surface area contributed by atoms with Crippen molar-refractivity contribution < 1.29 is 14.4 Å². The van der Waals surface area contributed by atoms with Crippen molar-refractivity contribution in [3.05, 3.63) is 22.3 Å². The lowest BCUT2D eigenvalue weighted by atomic mass is 10.4. The SMILES string of the molecule is O=C(CN1C(=O)CCC1=O)NCCNc1ncc(Cl)cc1Cl. The molecule has 0 bridgehead atoms. The van der Waals surface area contributed by atoms with Crippen LogP contribution in [0.1, 0.15) is 12.8 Å². The average molecular weight is 345 g/mol. The summed E-state index contributed by atoms with van der Waals surface area (Å²) in [6.45, 7) is 0.454. The summed E-state index contributed by atoms with van der Waals surface area (Å²) in [6, 6.07) is 1.56. The fourth-order valence-corrected chi connectivity index (χ4v) is 2.37. The highest BCUT2D eigenvalue weighted by Gasteiger charge is 2.30. The van der Waals surface area contributed by atoms with Crippen LogP contribution < -0.4 is 10.6 Å². The minimum atomic E-state index is -0.388. The number of anilines is 1. The quantitative estimate of drug-likeness (QED) is 0.594. The molecular formula is C13H14Cl2N4O3. The van der Waals surface area contributed by atoms with Gasteiger partial charge in [-0.05, 0) is 6.07 Å². The van der Waals surface area contributed by atoms with Crippen LogP contribution in [0.5, 0.6) is 0 Å². The zero-order valence-corrected chi connectivity index (χ0v) is 13.1. The number of imide groups is 1. The predicted octanol–water partition coefficient (Wildman–Crippen LogP) is 1.07. The minimum Gasteiger partial charge on any atom is -0.367 e. The molecule has 0 saturated carbocycles. The highest BCUT2D eigenvalue weighted by Crippen LogP contribution is 2.21. The standard InChI is InChI=1S/C13H14Cl2N4O3/c14-8-5-9(15)13(18-6-8)17-4-3-16-10(20)7-19-11(21)1-2-12(19)22/h5-6H,1-4,7H2,(H,16,20)(H,17,18). The fourth-order valence-electron chi connectivity index (χ4n) is 1.93. The Morgan fingerprint density at radius 2 is 1.91 bits per heavy atom. The van der Waals surface area contributed by atoms with Gasteiger partial charge in [0.1, 0.15) is 12.4 Å². The van der Waals surface area contributed by atoms with E-state index < -0.39 is 0 Å². The molecule has 0 aromatic carbocycles. The molecule has 1 saturated heterocycles. The van der Waals surface area contributed by atoms with Gasteiger partial charge in [-0.25, -0.2) is 4.98 Å². The number of likely N-dealkylation sites (tertiary alicyclic amines) is 1. The molecule has 118 valence electrons. The second kappa shape index (κ2) is 7.42. The van der Waals surface area contributed by atoms with Crippen LogP contribution >= 0.6 is 23.2 Å². The second-order valence-corrected chi connectivity index (χ2v) is 5.48. The van der Waals surface area contributed by atoms with Gasteiger partial charge in [0, 0.05) is 32.1 Å². The van der Waals surface area contributed by atoms with Gasteiger partial charge >= 0.3 is 0 Å². The van der Waals surface area contributed by atoms with E-state index in [1.165, 1.54) is 6.20 Å². The number of carbonyl (C=O) groups excluding carboxylic acids is 3. The van der Waals surface area contributed by atoms with Crippen molar-refractivity contribution in [3.63, 3.8) is 0 Å². The van der Waals surface area contributed by atoms with E-state index in [-0.39, 0.29) is 37.1 Å². The lowest BCUT2D eigenvalue weighted by Gasteiger charge is -2.13. The molecule has 0 atom stereocenters. The average Bonchev–Trinajstić information content (AvgIpc) is 2.77. The Labute approximate surface area is 137 Å². The maximum Gasteiger partial charge on any atom is 0.240 e. The van der Waals surface area contributed by atoms with E-state index in [1.54, 1.807) is 6.07 Å². The summed E-state index contributed by atoms with van der Waals surface area (Å²) in [4.78, 5) is 39.4. The Bertz CT molecular complexity index is 593. The summed E-state index contributed by atoms with van der Waals surface area (Å²) in [7, 11) is 0. The van der Waals surface area contributed by atoms with Crippen molar-refractivity contribution >= 4 is 46.7 Å². The van der Waals surface area contributed by atoms with E-state index in [1.807, 2.05) is 0 Å². The molecule has 2 rings (SSSR count). The van der Waals surface area contributed by atoms with Crippen LogP contribution in [-0.4, -0.2) is 47.2 Å². The van der Waals surface area contributed by atoms with Gasteiger partial charge in [0.2, 0.25) is 17.7 Å². The molecule has 3 amide bonds. The summed E-state index contributed by atoms with van der Waals surface area (Å²) < 4.78 is 0. The summed E-state index contributed by atoms with van der Waals surface area (Å²) in [6.07, 6.45) is 1.81. The molecule has 0 aliphatic carbocycles. The molecular weight excluding hydrogens is 331 g/mol. The van der Waals surface area contributed by atoms with Crippen LogP contribution in [0.4, 0.5) is 5.82 Å². The number of nitrogens with one attached hydrogen (secondary N) is 2. The number of hydrogen-bond donors (Lipinski definition) is 2. The zero-order chi connectivity index (χ0) is 16.1. The fraction of sp³-hybridized carbons (Fsp3) is 0.385. The smallest absolute Gasteiger partial charge is 0.240 e. The van der Waals surface area contributed by atoms with Crippen LogP contribution in [0, 0.1) is 0 Å². The van der Waals surface area contributed by atoms with Crippen molar-refractivity contribution in [1.29, 1.82) is 0 Å². The Kier molecular flexibility index (Phi) is 5.57. The number of hydrogen-bond acceptors (Lipinski definition) is 5. The van der Waals surface area contributed by atoms with Gasteiger partial charge in [-0.15, -0.1) is 0 Å². The minimum absolute atomic E-state index is 0.175. The Morgan fingerprint density at radius 1 is 1.23 bits per heavy atom. The predicted molar refractivity (Wildman–Crippen MR) is 81.7 cm³/mol. The summed E-state index contributed by atoms with van der Waals surface area (Å²) in [5.41, 5.74) is 0. The normalized spacial score (nSPS) is 14.4. The number of rotatable bonds is 6. The number of pyridine rings is 1. The lowest BCUT2D eigenvalue weighted by molar-refractivity contribution is -0.142. The first-order chi connectivity index (χ1) is 10.5. The molecule has 1 aliphatic heterocycles. The van der Waals surface area contributed by atoms with E-state index >= 15 is 0 Å². The van der Waals surface area contributed by atoms with Gasteiger partial charge in [-0.2, -0.15) is 0 Å². The molecule has 1 aromatic heterocycles. The maximum atomic E-state index is 11.7. The molecule has 1 aliphatic rings. The van der Waals surface area contributed by atoms with Gasteiger partial charge in [0.05, 0.1) is 10.0 Å². The third-order valence-electron chi connectivity index (χ3n) is 3.00. The van der Waals surface area contributed by atoms with Crippen molar-refractivity contribution in [2.45, 2.75) is 12.8 Å². The first kappa shape index (κ1) is 16.5. The lowest BCUT2D eigenvalue weighted by Crippen LogP contribution is -2.41. The zero-order valence-electron chi connectivity index (χ0n) is 11.6. The molecule has 0 spiro atoms. The van der Waals surface area contributed by atoms with Crippen molar-refractivity contribution in [2.24, 2.45) is 0 Å². The highest BCUT2D eigenvalue weighted by molar-refractivity contribution is 6.35. The van der Waals surface area contributed by atoms with E-state index in [2.05, 4.69) is 15.6 Å². The van der Waals surface area contributed by atoms with Gasteiger partial charge in [0.25, 0.3) is 0 Å². The van der Waals surface area contributed by atoms with Crippen LogP contribution in [0.3, 0.4) is 0 Å². The third-order valence-corrected chi connectivity index (χ3v) is 3.50. The summed E-state index contributed by atoms with van der Waals surface area (Å²) >= 11 is 11.7. The molecule has 0 radical (unpaired) electrons. The van der Waals surface area contributed by atoms with Crippen LogP contribution in [0.25, 0.3) is 0 Å². The third kappa shape index (κ3) is 4.32. The molecule has 1 aromatic rings. The van der Waals surface area contributed by atoms with Crippen molar-refractivity contribution in [1.82, 2.24) is 15.2 Å². The molecule has 7 nitrogen and oxygen atoms in total. The largest absolute Gasteiger partial charge is 0.367 e. The molecule has 9 heteroatoms. The van der Waals surface area contributed by atoms with E-state index in [0.717, 1.165) is 4.90 Å². The van der Waals surface area contributed by atoms with Crippen LogP contribution in [-0.2, 0) is 14.4 Å². The monoisotopic (exact) mass is 344 g/mol. The number of halogens is 2. The Balaban J connectivity index is 1.71. The molecule has 22 heavy (non-hydrogen) atoms. The number of nitrogens with zero attached hydrogens (tertiary/aromatic N) is 2. The number of amides is 3.